The number of imidazole rings is 1. The molecule has 2 heterocycles. The number of carbonyl (C=O) groups excluding carboxylic acids is 1. The van der Waals surface area contributed by atoms with E-state index >= 15 is 0 Å². The third-order valence-electron chi connectivity index (χ3n) is 3.17. The third-order valence-corrected chi connectivity index (χ3v) is 3.17. The van der Waals surface area contributed by atoms with E-state index in [4.69, 9.17) is 0 Å². The Morgan fingerprint density at radius 3 is 2.94 bits per heavy atom. The van der Waals surface area contributed by atoms with Gasteiger partial charge in [-0.2, -0.15) is 0 Å². The fraction of sp³-hybridized carbons (Fsp3) is 0.231. The summed E-state index contributed by atoms with van der Waals surface area (Å²) >= 11 is 0. The third kappa shape index (κ3) is 1.53. The van der Waals surface area contributed by atoms with Crippen LogP contribution >= 0.6 is 0 Å². The van der Waals surface area contributed by atoms with Crippen LogP contribution in [0.3, 0.4) is 0 Å². The quantitative estimate of drug-likeness (QED) is 0.742. The zero-order valence-corrected chi connectivity index (χ0v) is 9.63. The van der Waals surface area contributed by atoms with E-state index in [9.17, 15) is 4.79 Å². The Labute approximate surface area is 99.5 Å². The van der Waals surface area contributed by atoms with Gasteiger partial charge in [-0.3, -0.25) is 4.79 Å². The van der Waals surface area contributed by atoms with Gasteiger partial charge in [0.05, 0.1) is 12.5 Å². The first-order valence-corrected chi connectivity index (χ1v) is 5.63. The molecule has 0 radical (unpaired) electrons. The molecule has 1 aromatic heterocycles. The smallest absolute Gasteiger partial charge is 0.276 e. The fourth-order valence-corrected chi connectivity index (χ4v) is 2.25. The number of aryl methyl sites for hydroxylation is 1. The molecule has 4 heteroatoms. The van der Waals surface area contributed by atoms with Crippen molar-refractivity contribution < 1.29 is 4.79 Å². The number of fused-ring (bicyclic) bond motifs is 1. The first-order chi connectivity index (χ1) is 8.27. The first-order valence-electron chi connectivity index (χ1n) is 5.63. The lowest BCUT2D eigenvalue weighted by Gasteiger charge is -2.17. The molecule has 0 bridgehead atoms. The van der Waals surface area contributed by atoms with Crippen LogP contribution in [0.4, 0.5) is 5.69 Å². The van der Waals surface area contributed by atoms with Gasteiger partial charge in [0.15, 0.2) is 0 Å². The van der Waals surface area contributed by atoms with Gasteiger partial charge in [0.25, 0.3) is 5.91 Å². The molecule has 1 aliphatic heterocycles. The van der Waals surface area contributed by atoms with Gasteiger partial charge in [0.1, 0.15) is 5.69 Å². The predicted molar refractivity (Wildman–Crippen MR) is 65.0 cm³/mol. The maximum absolute atomic E-state index is 12.4. The largest absolute Gasteiger partial charge is 0.330 e. The van der Waals surface area contributed by atoms with Gasteiger partial charge < -0.3 is 9.47 Å². The van der Waals surface area contributed by atoms with Gasteiger partial charge in [0, 0.05) is 19.3 Å². The number of nitrogens with zero attached hydrogens (tertiary/aromatic N) is 3. The van der Waals surface area contributed by atoms with Crippen LogP contribution in [0.1, 0.15) is 16.1 Å². The maximum atomic E-state index is 12.4. The highest BCUT2D eigenvalue weighted by molar-refractivity contribution is 6.06. The summed E-state index contributed by atoms with van der Waals surface area (Å²) in [7, 11) is 1.84. The molecule has 4 nitrogen and oxygen atoms in total. The van der Waals surface area contributed by atoms with Crippen molar-refractivity contribution in [2.45, 2.75) is 6.42 Å². The SMILES string of the molecule is Cn1cncc1C(=O)N1CCc2ccccc21. The van der Waals surface area contributed by atoms with E-state index in [0.717, 1.165) is 18.7 Å². The Morgan fingerprint density at radius 2 is 2.18 bits per heavy atom. The second-order valence-electron chi connectivity index (χ2n) is 4.23. The topological polar surface area (TPSA) is 38.1 Å². The summed E-state index contributed by atoms with van der Waals surface area (Å²) in [6, 6.07) is 8.05. The van der Waals surface area contributed by atoms with Crippen molar-refractivity contribution in [2.24, 2.45) is 7.05 Å². The van der Waals surface area contributed by atoms with E-state index in [2.05, 4.69) is 11.1 Å². The van der Waals surface area contributed by atoms with Crippen molar-refractivity contribution in [1.29, 1.82) is 0 Å². The van der Waals surface area contributed by atoms with Crippen LogP contribution in [0.25, 0.3) is 0 Å². The first kappa shape index (κ1) is 10.1. The Morgan fingerprint density at radius 1 is 1.35 bits per heavy atom. The maximum Gasteiger partial charge on any atom is 0.276 e. The molecule has 0 spiro atoms. The van der Waals surface area contributed by atoms with Crippen LogP contribution in [-0.2, 0) is 13.5 Å². The molecule has 1 aromatic carbocycles. The highest BCUT2D eigenvalue weighted by Crippen LogP contribution is 2.28. The van der Waals surface area contributed by atoms with Crippen LogP contribution in [0.5, 0.6) is 0 Å². The van der Waals surface area contributed by atoms with E-state index in [-0.39, 0.29) is 5.91 Å². The van der Waals surface area contributed by atoms with E-state index in [1.54, 1.807) is 17.1 Å². The standard InChI is InChI=1S/C13H13N3O/c1-15-9-14-8-12(15)13(17)16-7-6-10-4-2-3-5-11(10)16/h2-5,8-9H,6-7H2,1H3. The second kappa shape index (κ2) is 3.73. The van der Waals surface area contributed by atoms with E-state index in [0.29, 0.717) is 5.69 Å². The number of benzene rings is 1. The number of anilines is 1. The molecule has 17 heavy (non-hydrogen) atoms. The summed E-state index contributed by atoms with van der Waals surface area (Å²) in [6.07, 6.45) is 4.19. The van der Waals surface area contributed by atoms with Crippen LogP contribution in [0, 0.1) is 0 Å². The molecule has 0 saturated heterocycles. The molecule has 0 saturated carbocycles. The van der Waals surface area contributed by atoms with Gasteiger partial charge in [-0.05, 0) is 18.1 Å². The van der Waals surface area contributed by atoms with Gasteiger partial charge in [-0.15, -0.1) is 0 Å². The van der Waals surface area contributed by atoms with Crippen molar-refractivity contribution in [3.63, 3.8) is 0 Å². The number of aromatic nitrogens is 2. The summed E-state index contributed by atoms with van der Waals surface area (Å²) in [5.41, 5.74) is 2.89. The lowest BCUT2D eigenvalue weighted by atomic mass is 10.2. The summed E-state index contributed by atoms with van der Waals surface area (Å²) in [5, 5.41) is 0. The number of para-hydroxylation sites is 1. The van der Waals surface area contributed by atoms with Crippen LogP contribution < -0.4 is 4.90 Å². The number of hydrogen-bond acceptors (Lipinski definition) is 2. The monoisotopic (exact) mass is 227 g/mol. The summed E-state index contributed by atoms with van der Waals surface area (Å²) < 4.78 is 1.75. The number of rotatable bonds is 1. The summed E-state index contributed by atoms with van der Waals surface area (Å²) in [4.78, 5) is 18.2. The Bertz CT molecular complexity index is 574. The Kier molecular flexibility index (Phi) is 2.21. The van der Waals surface area contributed by atoms with Crippen LogP contribution in [-0.4, -0.2) is 22.0 Å². The molecule has 1 amide bonds. The van der Waals surface area contributed by atoms with Crippen molar-refractivity contribution in [3.8, 4) is 0 Å². The minimum atomic E-state index is 0.0231. The molecule has 0 atom stereocenters. The molecule has 1 aliphatic rings. The van der Waals surface area contributed by atoms with Gasteiger partial charge in [-0.1, -0.05) is 18.2 Å². The second-order valence-corrected chi connectivity index (χ2v) is 4.23. The Hall–Kier alpha value is -2.10. The van der Waals surface area contributed by atoms with E-state index in [1.165, 1.54) is 5.56 Å². The van der Waals surface area contributed by atoms with Crippen LogP contribution in [0.15, 0.2) is 36.8 Å². The van der Waals surface area contributed by atoms with Crippen LogP contribution in [0.2, 0.25) is 0 Å². The van der Waals surface area contributed by atoms with Crippen molar-refractivity contribution >= 4 is 11.6 Å². The van der Waals surface area contributed by atoms with Gasteiger partial charge >= 0.3 is 0 Å². The molecule has 86 valence electrons. The lowest BCUT2D eigenvalue weighted by Crippen LogP contribution is -2.30. The van der Waals surface area contributed by atoms with Gasteiger partial charge in [0.2, 0.25) is 0 Å². The minimum Gasteiger partial charge on any atom is -0.330 e. The highest BCUT2D eigenvalue weighted by Gasteiger charge is 2.26. The number of hydrogen-bond donors (Lipinski definition) is 0. The number of amides is 1. The summed E-state index contributed by atoms with van der Waals surface area (Å²) in [6.45, 7) is 0.753. The molecule has 0 fully saturated rings. The van der Waals surface area contributed by atoms with E-state index < -0.39 is 0 Å². The highest BCUT2D eigenvalue weighted by atomic mass is 16.2. The molecule has 3 rings (SSSR count). The fourth-order valence-electron chi connectivity index (χ4n) is 2.25. The van der Waals surface area contributed by atoms with Crippen molar-refractivity contribution in [3.05, 3.63) is 48.0 Å². The average molecular weight is 227 g/mol. The molecular weight excluding hydrogens is 214 g/mol. The normalized spacial score (nSPS) is 13.8. The lowest BCUT2D eigenvalue weighted by molar-refractivity contribution is 0.0981. The van der Waals surface area contributed by atoms with Crippen molar-refractivity contribution in [1.82, 2.24) is 9.55 Å². The average Bonchev–Trinajstić information content (AvgIpc) is 2.94. The molecule has 0 aliphatic carbocycles. The molecule has 0 unspecified atom stereocenters. The number of carbonyl (C=O) groups is 1. The summed E-state index contributed by atoms with van der Waals surface area (Å²) in [5.74, 6) is 0.0231. The predicted octanol–water partition coefficient (Wildman–Crippen LogP) is 1.62. The van der Waals surface area contributed by atoms with Gasteiger partial charge in [-0.25, -0.2) is 4.98 Å². The van der Waals surface area contributed by atoms with E-state index in [1.807, 2.05) is 30.1 Å². The molecule has 2 aromatic rings. The molecule has 0 N–H and O–H groups in total. The molecular formula is C13H13N3O. The van der Waals surface area contributed by atoms with Crippen molar-refractivity contribution in [2.75, 3.05) is 11.4 Å². The zero-order chi connectivity index (χ0) is 11.8. The zero-order valence-electron chi connectivity index (χ0n) is 9.63. The minimum absolute atomic E-state index is 0.0231. The Balaban J connectivity index is 1.98.